The van der Waals surface area contributed by atoms with Crippen molar-refractivity contribution in [3.63, 3.8) is 0 Å². The Balaban J connectivity index is 2.05. The molecule has 2 aromatic rings. The van der Waals surface area contributed by atoms with Gasteiger partial charge in [0.05, 0.1) is 24.7 Å². The molecule has 0 aliphatic carbocycles. The van der Waals surface area contributed by atoms with Crippen molar-refractivity contribution in [2.75, 3.05) is 46.3 Å². The Labute approximate surface area is 157 Å². The molecule has 0 radical (unpaired) electrons. The monoisotopic (exact) mass is 379 g/mol. The van der Waals surface area contributed by atoms with Gasteiger partial charge in [0.15, 0.2) is 0 Å². The number of aryl methyl sites for hydroxylation is 2. The third-order valence-electron chi connectivity index (χ3n) is 3.83. The minimum Gasteiger partial charge on any atom is -0.383 e. The van der Waals surface area contributed by atoms with E-state index in [1.165, 1.54) is 17.3 Å². The van der Waals surface area contributed by atoms with Gasteiger partial charge in [0.25, 0.3) is 0 Å². The molecule has 9 heteroatoms. The van der Waals surface area contributed by atoms with Gasteiger partial charge in [0.1, 0.15) is 0 Å². The number of rotatable bonds is 10. The van der Waals surface area contributed by atoms with E-state index in [0.717, 1.165) is 11.3 Å². The number of ether oxygens (including phenoxy) is 2. The SMILES string of the molecule is COCCN(CCOC)C(=O)CSc1nnnn1-c1ccc(C)cc1C. The van der Waals surface area contributed by atoms with Gasteiger partial charge >= 0.3 is 0 Å². The van der Waals surface area contributed by atoms with Gasteiger partial charge in [0.2, 0.25) is 11.1 Å². The maximum absolute atomic E-state index is 12.5. The molecule has 1 heterocycles. The zero-order chi connectivity index (χ0) is 18.9. The highest BCUT2D eigenvalue weighted by molar-refractivity contribution is 7.99. The standard InChI is InChI=1S/C17H25N5O3S/c1-13-5-6-15(14(2)11-13)22-17(18-19-20-22)26-12-16(23)21(7-9-24-3)8-10-25-4/h5-6,11H,7-10,12H2,1-4H3. The number of nitrogens with zero attached hydrogens (tertiary/aromatic N) is 5. The Morgan fingerprint density at radius 2 is 1.88 bits per heavy atom. The first-order valence-electron chi connectivity index (χ1n) is 8.31. The molecule has 0 fully saturated rings. The molecule has 0 spiro atoms. The lowest BCUT2D eigenvalue weighted by Gasteiger charge is -2.21. The van der Waals surface area contributed by atoms with Crippen LogP contribution in [0.15, 0.2) is 23.4 Å². The lowest BCUT2D eigenvalue weighted by molar-refractivity contribution is -0.129. The van der Waals surface area contributed by atoms with Gasteiger partial charge in [-0.2, -0.15) is 4.68 Å². The number of amides is 1. The van der Waals surface area contributed by atoms with Crippen molar-refractivity contribution in [2.45, 2.75) is 19.0 Å². The largest absolute Gasteiger partial charge is 0.383 e. The fraction of sp³-hybridized carbons (Fsp3) is 0.529. The molecular formula is C17H25N5O3S. The second-order valence-electron chi connectivity index (χ2n) is 5.82. The molecule has 0 saturated carbocycles. The Bertz CT molecular complexity index is 714. The van der Waals surface area contributed by atoms with Gasteiger partial charge in [-0.1, -0.05) is 29.5 Å². The van der Waals surface area contributed by atoms with E-state index in [0.29, 0.717) is 31.5 Å². The number of thioether (sulfide) groups is 1. The molecule has 0 bridgehead atoms. The molecule has 1 aromatic carbocycles. The van der Waals surface area contributed by atoms with Crippen molar-refractivity contribution in [1.82, 2.24) is 25.1 Å². The van der Waals surface area contributed by atoms with Crippen LogP contribution in [-0.4, -0.2) is 77.3 Å². The molecule has 26 heavy (non-hydrogen) atoms. The molecule has 8 nitrogen and oxygen atoms in total. The van der Waals surface area contributed by atoms with E-state index in [1.807, 2.05) is 26.0 Å². The minimum absolute atomic E-state index is 0.000668. The van der Waals surface area contributed by atoms with Crippen LogP contribution in [0.5, 0.6) is 0 Å². The van der Waals surface area contributed by atoms with Crippen LogP contribution in [0.1, 0.15) is 11.1 Å². The van der Waals surface area contributed by atoms with Crippen LogP contribution in [0, 0.1) is 13.8 Å². The summed E-state index contributed by atoms with van der Waals surface area (Å²) in [5.41, 5.74) is 3.16. The minimum atomic E-state index is -0.000668. The summed E-state index contributed by atoms with van der Waals surface area (Å²) in [6.45, 7) is 6.09. The van der Waals surface area contributed by atoms with E-state index in [-0.39, 0.29) is 11.7 Å². The van der Waals surface area contributed by atoms with E-state index >= 15 is 0 Å². The van der Waals surface area contributed by atoms with Gasteiger partial charge in [-0.25, -0.2) is 0 Å². The summed E-state index contributed by atoms with van der Waals surface area (Å²) in [5, 5.41) is 12.5. The Morgan fingerprint density at radius 1 is 1.19 bits per heavy atom. The smallest absolute Gasteiger partial charge is 0.233 e. The number of benzene rings is 1. The van der Waals surface area contributed by atoms with Crippen LogP contribution in [0.3, 0.4) is 0 Å². The van der Waals surface area contributed by atoms with Crippen LogP contribution in [0.4, 0.5) is 0 Å². The first kappa shape index (κ1) is 20.3. The first-order chi connectivity index (χ1) is 12.6. The lowest BCUT2D eigenvalue weighted by atomic mass is 10.1. The number of methoxy groups -OCH3 is 2. The van der Waals surface area contributed by atoms with Crippen LogP contribution in [-0.2, 0) is 14.3 Å². The number of tetrazole rings is 1. The average molecular weight is 379 g/mol. The molecule has 0 N–H and O–H groups in total. The van der Waals surface area contributed by atoms with E-state index < -0.39 is 0 Å². The van der Waals surface area contributed by atoms with E-state index in [4.69, 9.17) is 9.47 Å². The third-order valence-corrected chi connectivity index (χ3v) is 4.73. The van der Waals surface area contributed by atoms with Crippen LogP contribution in [0.2, 0.25) is 0 Å². The van der Waals surface area contributed by atoms with E-state index in [2.05, 4.69) is 21.6 Å². The average Bonchev–Trinajstić information content (AvgIpc) is 3.08. The summed E-state index contributed by atoms with van der Waals surface area (Å²) in [6, 6.07) is 6.07. The zero-order valence-electron chi connectivity index (χ0n) is 15.6. The normalized spacial score (nSPS) is 10.9. The first-order valence-corrected chi connectivity index (χ1v) is 9.29. The van der Waals surface area contributed by atoms with Crippen LogP contribution in [0.25, 0.3) is 5.69 Å². The topological polar surface area (TPSA) is 82.4 Å². The van der Waals surface area contributed by atoms with Crippen molar-refractivity contribution in [1.29, 1.82) is 0 Å². The summed E-state index contributed by atoms with van der Waals surface area (Å²) < 4.78 is 11.8. The third kappa shape index (κ3) is 5.52. The number of hydrogen-bond acceptors (Lipinski definition) is 7. The summed E-state index contributed by atoms with van der Waals surface area (Å²) in [4.78, 5) is 14.3. The zero-order valence-corrected chi connectivity index (χ0v) is 16.5. The van der Waals surface area contributed by atoms with Crippen molar-refractivity contribution in [3.8, 4) is 5.69 Å². The Morgan fingerprint density at radius 3 is 2.50 bits per heavy atom. The number of carbonyl (C=O) groups is 1. The lowest BCUT2D eigenvalue weighted by Crippen LogP contribution is -2.37. The highest BCUT2D eigenvalue weighted by atomic mass is 32.2. The van der Waals surface area contributed by atoms with E-state index in [1.54, 1.807) is 23.8 Å². The van der Waals surface area contributed by atoms with Gasteiger partial charge < -0.3 is 14.4 Å². The van der Waals surface area contributed by atoms with Crippen LogP contribution < -0.4 is 0 Å². The quantitative estimate of drug-likeness (QED) is 0.579. The summed E-state index contributed by atoms with van der Waals surface area (Å²) >= 11 is 1.32. The van der Waals surface area contributed by atoms with Crippen molar-refractivity contribution < 1.29 is 14.3 Å². The molecular weight excluding hydrogens is 354 g/mol. The van der Waals surface area contributed by atoms with Crippen molar-refractivity contribution in [3.05, 3.63) is 29.3 Å². The number of hydrogen-bond donors (Lipinski definition) is 0. The number of aromatic nitrogens is 4. The Kier molecular flexibility index (Phi) is 8.02. The van der Waals surface area contributed by atoms with Gasteiger partial charge in [0, 0.05) is 27.3 Å². The van der Waals surface area contributed by atoms with Crippen LogP contribution >= 0.6 is 11.8 Å². The van der Waals surface area contributed by atoms with E-state index in [9.17, 15) is 4.79 Å². The second-order valence-corrected chi connectivity index (χ2v) is 6.76. The van der Waals surface area contributed by atoms with Crippen molar-refractivity contribution in [2.24, 2.45) is 0 Å². The molecule has 0 unspecified atom stereocenters. The molecule has 142 valence electrons. The maximum atomic E-state index is 12.5. The highest BCUT2D eigenvalue weighted by Gasteiger charge is 2.17. The summed E-state index contributed by atoms with van der Waals surface area (Å²) in [5.74, 6) is 0.248. The highest BCUT2D eigenvalue weighted by Crippen LogP contribution is 2.21. The number of carbonyl (C=O) groups excluding carboxylic acids is 1. The predicted octanol–water partition coefficient (Wildman–Crippen LogP) is 1.49. The van der Waals surface area contributed by atoms with Crippen molar-refractivity contribution >= 4 is 17.7 Å². The molecule has 0 aliphatic heterocycles. The van der Waals surface area contributed by atoms with Gasteiger partial charge in [-0.15, -0.1) is 5.10 Å². The molecule has 1 amide bonds. The fourth-order valence-corrected chi connectivity index (χ4v) is 3.23. The molecule has 0 atom stereocenters. The van der Waals surface area contributed by atoms with Gasteiger partial charge in [-0.05, 0) is 35.9 Å². The Hall–Kier alpha value is -1.97. The van der Waals surface area contributed by atoms with Gasteiger partial charge in [-0.3, -0.25) is 4.79 Å². The molecule has 0 saturated heterocycles. The second kappa shape index (κ2) is 10.2. The fourth-order valence-electron chi connectivity index (χ4n) is 2.44. The maximum Gasteiger partial charge on any atom is 0.233 e. The summed E-state index contributed by atoms with van der Waals surface area (Å²) in [7, 11) is 3.23. The summed E-state index contributed by atoms with van der Waals surface area (Å²) in [6.07, 6.45) is 0. The molecule has 2 rings (SSSR count). The predicted molar refractivity (Wildman–Crippen MR) is 99.7 cm³/mol. The molecule has 1 aromatic heterocycles. The molecule has 0 aliphatic rings.